The monoisotopic (exact) mass is 312 g/mol. The van der Waals surface area contributed by atoms with Crippen LogP contribution in [0.2, 0.25) is 0 Å². The molecule has 0 saturated heterocycles. The van der Waals surface area contributed by atoms with Gasteiger partial charge in [0.15, 0.2) is 0 Å². The van der Waals surface area contributed by atoms with Gasteiger partial charge in [-0.05, 0) is 0 Å². The van der Waals surface area contributed by atoms with Crippen LogP contribution in [0.5, 0.6) is 0 Å². The van der Waals surface area contributed by atoms with Crippen LogP contribution >= 0.6 is 46.4 Å². The number of alkyl halides is 4. The van der Waals surface area contributed by atoms with Gasteiger partial charge in [0.25, 0.3) is 10.0 Å². The number of halogens is 4. The van der Waals surface area contributed by atoms with Crippen molar-refractivity contribution in [2.24, 2.45) is 0 Å². The van der Waals surface area contributed by atoms with Crippen molar-refractivity contribution in [1.29, 1.82) is 0 Å². The summed E-state index contributed by atoms with van der Waals surface area (Å²) in [5.41, 5.74) is 0. The molecule has 0 aromatic carbocycles. The van der Waals surface area contributed by atoms with Gasteiger partial charge in [0.2, 0.25) is 0 Å². The van der Waals surface area contributed by atoms with E-state index in [9.17, 15) is 14.7 Å². The Morgan fingerprint density at radius 2 is 1.25 bits per heavy atom. The summed E-state index contributed by atoms with van der Waals surface area (Å²) in [4.78, 5) is 21.8. The molecule has 5 nitrogen and oxygen atoms in total. The zero-order valence-electron chi connectivity index (χ0n) is 7.74. The molecule has 0 heterocycles. The summed E-state index contributed by atoms with van der Waals surface area (Å²) in [6.07, 6.45) is -2.17. The van der Waals surface area contributed by atoms with Crippen LogP contribution in [-0.4, -0.2) is 33.2 Å². The number of ether oxygens (including phenoxy) is 2. The predicted molar refractivity (Wildman–Crippen MR) is 58.4 cm³/mol. The average molecular weight is 314 g/mol. The third kappa shape index (κ3) is 9.30. The maximum absolute atomic E-state index is 10.9. The van der Waals surface area contributed by atoms with Crippen molar-refractivity contribution in [3.05, 3.63) is 0 Å². The Kier molecular flexibility index (Phi) is 8.23. The standard InChI is InChI=1S/C7H8Cl4O5/c8-6(9)15-4(13)1-3(12)2-5(14)16-7(10)11/h3,6-7,12H,1-2H2. The number of hydrogen-bond donors (Lipinski definition) is 1. The molecule has 0 bridgehead atoms. The normalized spacial score (nSPS) is 11.0. The largest absolute Gasteiger partial charge is 0.431 e. The third-order valence-corrected chi connectivity index (χ3v) is 1.60. The maximum atomic E-state index is 10.9. The first-order valence-electron chi connectivity index (χ1n) is 3.94. The Balaban J connectivity index is 3.85. The summed E-state index contributed by atoms with van der Waals surface area (Å²) < 4.78 is 8.62. The van der Waals surface area contributed by atoms with Crippen molar-refractivity contribution >= 4 is 58.3 Å². The molecule has 0 radical (unpaired) electrons. The fraction of sp³-hybridized carbons (Fsp3) is 0.714. The molecule has 0 spiro atoms. The first-order chi connectivity index (χ1) is 7.31. The highest BCUT2D eigenvalue weighted by Gasteiger charge is 2.19. The number of hydrogen-bond acceptors (Lipinski definition) is 5. The van der Waals surface area contributed by atoms with Crippen LogP contribution in [0.15, 0.2) is 0 Å². The van der Waals surface area contributed by atoms with Gasteiger partial charge in [0, 0.05) is 0 Å². The Morgan fingerprint density at radius 1 is 0.938 bits per heavy atom. The molecule has 0 aromatic heterocycles. The van der Waals surface area contributed by atoms with Gasteiger partial charge in [0.05, 0.1) is 18.9 Å². The summed E-state index contributed by atoms with van der Waals surface area (Å²) in [5.74, 6) is -1.69. The first kappa shape index (κ1) is 16.1. The van der Waals surface area contributed by atoms with Crippen molar-refractivity contribution in [1.82, 2.24) is 0 Å². The summed E-state index contributed by atoms with van der Waals surface area (Å²) in [6.45, 7) is 0. The van der Waals surface area contributed by atoms with Crippen LogP contribution in [0.4, 0.5) is 0 Å². The lowest BCUT2D eigenvalue weighted by atomic mass is 10.2. The Labute approximate surface area is 111 Å². The van der Waals surface area contributed by atoms with E-state index in [0.29, 0.717) is 0 Å². The Morgan fingerprint density at radius 3 is 1.50 bits per heavy atom. The molecule has 94 valence electrons. The molecule has 0 atom stereocenters. The highest BCUT2D eigenvalue weighted by Crippen LogP contribution is 2.10. The lowest BCUT2D eigenvalue weighted by Crippen LogP contribution is -2.22. The van der Waals surface area contributed by atoms with Gasteiger partial charge >= 0.3 is 11.9 Å². The summed E-state index contributed by atoms with van der Waals surface area (Å²) in [7, 11) is 0. The predicted octanol–water partition coefficient (Wildman–Crippen LogP) is 1.74. The number of carbonyl (C=O) groups excluding carboxylic acids is 2. The van der Waals surface area contributed by atoms with E-state index in [1.54, 1.807) is 0 Å². The minimum absolute atomic E-state index is 0.444. The van der Waals surface area contributed by atoms with E-state index in [1.807, 2.05) is 0 Å². The molecule has 0 unspecified atom stereocenters. The van der Waals surface area contributed by atoms with E-state index in [1.165, 1.54) is 0 Å². The average Bonchev–Trinajstić information content (AvgIpc) is 1.97. The fourth-order valence-electron chi connectivity index (χ4n) is 0.752. The molecular weight excluding hydrogens is 306 g/mol. The number of aliphatic hydroxyl groups excluding tert-OH is 1. The first-order valence-corrected chi connectivity index (χ1v) is 5.69. The van der Waals surface area contributed by atoms with Gasteiger partial charge in [0.1, 0.15) is 0 Å². The van der Waals surface area contributed by atoms with E-state index in [0.717, 1.165) is 0 Å². The third-order valence-electron chi connectivity index (χ3n) is 1.25. The van der Waals surface area contributed by atoms with Crippen LogP contribution in [0, 0.1) is 0 Å². The van der Waals surface area contributed by atoms with E-state index in [-0.39, 0.29) is 0 Å². The van der Waals surface area contributed by atoms with Crippen molar-refractivity contribution in [2.45, 2.75) is 29.0 Å². The zero-order valence-corrected chi connectivity index (χ0v) is 10.8. The van der Waals surface area contributed by atoms with Crippen molar-refractivity contribution < 1.29 is 24.2 Å². The van der Waals surface area contributed by atoms with E-state index < -0.39 is 40.9 Å². The van der Waals surface area contributed by atoms with Crippen LogP contribution in [0.1, 0.15) is 12.8 Å². The fourth-order valence-corrected chi connectivity index (χ4v) is 1.15. The van der Waals surface area contributed by atoms with Gasteiger partial charge in [-0.25, -0.2) is 0 Å². The molecule has 0 aliphatic rings. The summed E-state index contributed by atoms with van der Waals surface area (Å²) >= 11 is 20.6. The smallest absolute Gasteiger partial charge is 0.310 e. The van der Waals surface area contributed by atoms with Gasteiger partial charge in [-0.1, -0.05) is 46.4 Å². The molecule has 0 aliphatic carbocycles. The minimum Gasteiger partial charge on any atom is -0.431 e. The van der Waals surface area contributed by atoms with Gasteiger partial charge in [-0.2, -0.15) is 0 Å². The van der Waals surface area contributed by atoms with Crippen molar-refractivity contribution in [3.63, 3.8) is 0 Å². The number of rotatable bonds is 6. The minimum atomic E-state index is -1.32. The SMILES string of the molecule is O=C(CC(O)CC(=O)OC(Cl)Cl)OC(Cl)Cl. The summed E-state index contributed by atoms with van der Waals surface area (Å²) in [6, 6.07) is 0. The zero-order chi connectivity index (χ0) is 12.7. The van der Waals surface area contributed by atoms with Crippen LogP contribution < -0.4 is 0 Å². The van der Waals surface area contributed by atoms with E-state index in [2.05, 4.69) is 9.47 Å². The number of esters is 2. The van der Waals surface area contributed by atoms with Crippen LogP contribution in [-0.2, 0) is 19.1 Å². The second-order valence-corrected chi connectivity index (χ2v) is 4.60. The number of aliphatic hydroxyl groups is 1. The molecule has 1 N–H and O–H groups in total. The molecule has 9 heteroatoms. The highest BCUT2D eigenvalue weighted by atomic mass is 35.5. The van der Waals surface area contributed by atoms with Crippen LogP contribution in [0.25, 0.3) is 0 Å². The maximum Gasteiger partial charge on any atom is 0.310 e. The van der Waals surface area contributed by atoms with Gasteiger partial charge < -0.3 is 14.6 Å². The molecule has 0 fully saturated rings. The van der Waals surface area contributed by atoms with Crippen LogP contribution in [0.3, 0.4) is 0 Å². The second kappa shape index (κ2) is 8.20. The lowest BCUT2D eigenvalue weighted by molar-refractivity contribution is -0.148. The Bertz CT molecular complexity index is 221. The molecule has 16 heavy (non-hydrogen) atoms. The second-order valence-electron chi connectivity index (χ2n) is 2.56. The Hall–Kier alpha value is 0.0600. The van der Waals surface area contributed by atoms with Gasteiger partial charge in [-0.15, -0.1) is 0 Å². The highest BCUT2D eigenvalue weighted by molar-refractivity contribution is 6.43. The molecular formula is C7H8Cl4O5. The van der Waals surface area contributed by atoms with Crippen molar-refractivity contribution in [2.75, 3.05) is 0 Å². The number of carbonyl (C=O) groups is 2. The molecule has 0 aliphatic heterocycles. The molecule has 0 rings (SSSR count). The molecule has 0 saturated carbocycles. The quantitative estimate of drug-likeness (QED) is 0.597. The van der Waals surface area contributed by atoms with Gasteiger partial charge in [-0.3, -0.25) is 9.59 Å². The van der Waals surface area contributed by atoms with Crippen molar-refractivity contribution in [3.8, 4) is 0 Å². The summed E-state index contributed by atoms with van der Waals surface area (Å²) in [5, 5.41) is 6.61. The van der Waals surface area contributed by atoms with E-state index >= 15 is 0 Å². The lowest BCUT2D eigenvalue weighted by Gasteiger charge is -2.10. The molecule has 0 amide bonds. The molecule has 0 aromatic rings. The van der Waals surface area contributed by atoms with E-state index in [4.69, 9.17) is 46.4 Å². The topological polar surface area (TPSA) is 72.8 Å².